The summed E-state index contributed by atoms with van der Waals surface area (Å²) >= 11 is 0. The fraction of sp³-hybridized carbons (Fsp3) is 0.700. The molecular weight excluding hydrogens is 258 g/mol. The zero-order valence-electron chi connectivity index (χ0n) is 10.8. The molecular formula is C10H19N3O4S. The molecule has 0 aliphatic heterocycles. The molecule has 0 spiro atoms. The number of methoxy groups -OCH3 is 1. The predicted molar refractivity (Wildman–Crippen MR) is 65.5 cm³/mol. The Labute approximate surface area is 107 Å². The van der Waals surface area contributed by atoms with Crippen LogP contribution in [-0.4, -0.2) is 49.2 Å². The van der Waals surface area contributed by atoms with E-state index in [1.165, 1.54) is 24.2 Å². The zero-order valence-corrected chi connectivity index (χ0v) is 11.6. The zero-order chi connectivity index (χ0) is 13.8. The fourth-order valence-corrected chi connectivity index (χ4v) is 2.43. The Bertz CT molecular complexity index is 481. The number of rotatable bonds is 7. The van der Waals surface area contributed by atoms with Gasteiger partial charge in [-0.2, -0.15) is 5.10 Å². The molecule has 1 rings (SSSR count). The van der Waals surface area contributed by atoms with Crippen LogP contribution < -0.4 is 4.72 Å². The van der Waals surface area contributed by atoms with Crippen LogP contribution in [0.1, 0.15) is 13.3 Å². The number of aliphatic hydroxyl groups is 1. The molecule has 104 valence electrons. The van der Waals surface area contributed by atoms with Crippen molar-refractivity contribution in [3.63, 3.8) is 0 Å². The summed E-state index contributed by atoms with van der Waals surface area (Å²) in [5.74, 6) is 0. The molecule has 8 heteroatoms. The van der Waals surface area contributed by atoms with Gasteiger partial charge in [-0.25, -0.2) is 13.1 Å². The number of nitrogens with one attached hydrogen (secondary N) is 1. The normalized spacial score (nSPS) is 15.6. The number of aromatic nitrogens is 2. The van der Waals surface area contributed by atoms with Gasteiger partial charge in [-0.3, -0.25) is 4.68 Å². The number of hydrogen-bond donors (Lipinski definition) is 2. The first-order valence-corrected chi connectivity index (χ1v) is 6.95. The van der Waals surface area contributed by atoms with Crippen LogP contribution in [0.5, 0.6) is 0 Å². The summed E-state index contributed by atoms with van der Waals surface area (Å²) in [7, 11) is -0.475. The average Bonchev–Trinajstić information content (AvgIpc) is 2.72. The Balaban J connectivity index is 2.62. The maximum atomic E-state index is 11.9. The summed E-state index contributed by atoms with van der Waals surface area (Å²) in [5.41, 5.74) is -1.15. The maximum Gasteiger partial charge on any atom is 0.243 e. The van der Waals surface area contributed by atoms with Crippen LogP contribution in [-0.2, 0) is 21.8 Å². The van der Waals surface area contributed by atoms with Crippen LogP contribution in [0.15, 0.2) is 17.3 Å². The maximum absolute atomic E-state index is 11.9. The van der Waals surface area contributed by atoms with E-state index in [0.29, 0.717) is 13.0 Å². The molecule has 0 radical (unpaired) electrons. The summed E-state index contributed by atoms with van der Waals surface area (Å²) < 4.78 is 32.3. The molecule has 0 bridgehead atoms. The van der Waals surface area contributed by atoms with E-state index in [0.717, 1.165) is 0 Å². The molecule has 1 aromatic heterocycles. The molecule has 0 aromatic carbocycles. The third kappa shape index (κ3) is 4.37. The summed E-state index contributed by atoms with van der Waals surface area (Å²) in [4.78, 5) is 0.0764. The van der Waals surface area contributed by atoms with Gasteiger partial charge in [0.1, 0.15) is 4.90 Å². The van der Waals surface area contributed by atoms with E-state index in [4.69, 9.17) is 4.74 Å². The first-order valence-electron chi connectivity index (χ1n) is 5.46. The summed E-state index contributed by atoms with van der Waals surface area (Å²) in [6.45, 7) is 1.84. The third-order valence-corrected chi connectivity index (χ3v) is 3.84. The molecule has 0 saturated heterocycles. The SMILES string of the molecule is COCCC(C)(O)CNS(=O)(=O)c1cnn(C)c1. The molecule has 0 saturated carbocycles. The molecule has 0 amide bonds. The van der Waals surface area contributed by atoms with E-state index in [-0.39, 0.29) is 11.4 Å². The van der Waals surface area contributed by atoms with E-state index >= 15 is 0 Å². The van der Waals surface area contributed by atoms with Gasteiger partial charge < -0.3 is 9.84 Å². The summed E-state index contributed by atoms with van der Waals surface area (Å²) in [6.07, 6.45) is 3.00. The Morgan fingerprint density at radius 3 is 2.78 bits per heavy atom. The van der Waals surface area contributed by atoms with Crippen molar-refractivity contribution in [3.8, 4) is 0 Å². The molecule has 18 heavy (non-hydrogen) atoms. The Hall–Kier alpha value is -0.960. The highest BCUT2D eigenvalue weighted by atomic mass is 32.2. The topological polar surface area (TPSA) is 93.4 Å². The lowest BCUT2D eigenvalue weighted by Gasteiger charge is -2.22. The predicted octanol–water partition coefficient (Wildman–Crippen LogP) is -0.514. The van der Waals surface area contributed by atoms with Crippen LogP contribution in [0.2, 0.25) is 0 Å². The first kappa shape index (κ1) is 15.1. The van der Waals surface area contributed by atoms with E-state index in [2.05, 4.69) is 9.82 Å². The van der Waals surface area contributed by atoms with Gasteiger partial charge in [-0.1, -0.05) is 0 Å². The standard InChI is InChI=1S/C10H19N3O4S/c1-10(14,4-5-17-3)8-12-18(15,16)9-6-11-13(2)7-9/h6-7,12,14H,4-5,8H2,1-3H3. The fourth-order valence-electron chi connectivity index (χ4n) is 1.28. The molecule has 0 aliphatic rings. The van der Waals surface area contributed by atoms with E-state index < -0.39 is 15.6 Å². The number of hydrogen-bond acceptors (Lipinski definition) is 5. The first-order chi connectivity index (χ1) is 8.27. The molecule has 1 aromatic rings. The van der Waals surface area contributed by atoms with E-state index in [1.807, 2.05) is 0 Å². The lowest BCUT2D eigenvalue weighted by molar-refractivity contribution is 0.0292. The summed E-state index contributed by atoms with van der Waals surface area (Å²) in [5, 5.41) is 13.7. The molecule has 7 nitrogen and oxygen atoms in total. The van der Waals surface area contributed by atoms with Crippen molar-refractivity contribution in [2.75, 3.05) is 20.3 Å². The van der Waals surface area contributed by atoms with Crippen LogP contribution in [0, 0.1) is 0 Å². The summed E-state index contributed by atoms with van der Waals surface area (Å²) in [6, 6.07) is 0. The van der Waals surface area contributed by atoms with Crippen LogP contribution in [0.4, 0.5) is 0 Å². The monoisotopic (exact) mass is 277 g/mol. The molecule has 1 unspecified atom stereocenters. The molecule has 1 heterocycles. The smallest absolute Gasteiger partial charge is 0.243 e. The van der Waals surface area contributed by atoms with Gasteiger partial charge in [-0.15, -0.1) is 0 Å². The molecule has 1 atom stereocenters. The van der Waals surface area contributed by atoms with Gasteiger partial charge in [0, 0.05) is 39.9 Å². The van der Waals surface area contributed by atoms with Crippen molar-refractivity contribution in [3.05, 3.63) is 12.4 Å². The van der Waals surface area contributed by atoms with Crippen LogP contribution >= 0.6 is 0 Å². The van der Waals surface area contributed by atoms with Gasteiger partial charge in [0.25, 0.3) is 0 Å². The van der Waals surface area contributed by atoms with Crippen molar-refractivity contribution in [2.24, 2.45) is 7.05 Å². The van der Waals surface area contributed by atoms with Gasteiger partial charge in [0.2, 0.25) is 10.0 Å². The molecule has 0 fully saturated rings. The largest absolute Gasteiger partial charge is 0.389 e. The second kappa shape index (κ2) is 5.79. The van der Waals surface area contributed by atoms with Crippen molar-refractivity contribution in [1.82, 2.24) is 14.5 Å². The third-order valence-electron chi connectivity index (χ3n) is 2.48. The average molecular weight is 277 g/mol. The highest BCUT2D eigenvalue weighted by molar-refractivity contribution is 7.89. The minimum atomic E-state index is -3.63. The van der Waals surface area contributed by atoms with E-state index in [9.17, 15) is 13.5 Å². The minimum absolute atomic E-state index is 0.0758. The van der Waals surface area contributed by atoms with Gasteiger partial charge in [0.05, 0.1) is 11.8 Å². The number of sulfonamides is 1. The number of nitrogens with zero attached hydrogens (tertiary/aromatic N) is 2. The molecule has 2 N–H and O–H groups in total. The lowest BCUT2D eigenvalue weighted by Crippen LogP contribution is -2.41. The van der Waals surface area contributed by atoms with Crippen molar-refractivity contribution < 1.29 is 18.3 Å². The second-order valence-electron chi connectivity index (χ2n) is 4.41. The van der Waals surface area contributed by atoms with Crippen molar-refractivity contribution in [2.45, 2.75) is 23.8 Å². The molecule has 0 aliphatic carbocycles. The van der Waals surface area contributed by atoms with Crippen molar-refractivity contribution >= 4 is 10.0 Å². The number of ether oxygens (including phenoxy) is 1. The highest BCUT2D eigenvalue weighted by Crippen LogP contribution is 2.11. The highest BCUT2D eigenvalue weighted by Gasteiger charge is 2.24. The van der Waals surface area contributed by atoms with Crippen molar-refractivity contribution in [1.29, 1.82) is 0 Å². The lowest BCUT2D eigenvalue weighted by atomic mass is 10.0. The Morgan fingerprint density at radius 1 is 1.61 bits per heavy atom. The second-order valence-corrected chi connectivity index (χ2v) is 6.18. The van der Waals surface area contributed by atoms with Gasteiger partial charge in [0.15, 0.2) is 0 Å². The van der Waals surface area contributed by atoms with Crippen LogP contribution in [0.3, 0.4) is 0 Å². The minimum Gasteiger partial charge on any atom is -0.389 e. The van der Waals surface area contributed by atoms with Gasteiger partial charge in [-0.05, 0) is 6.92 Å². The Kier molecular flexibility index (Phi) is 4.85. The quantitative estimate of drug-likeness (QED) is 0.700. The van der Waals surface area contributed by atoms with E-state index in [1.54, 1.807) is 14.0 Å². The Morgan fingerprint density at radius 2 is 2.28 bits per heavy atom. The van der Waals surface area contributed by atoms with Gasteiger partial charge >= 0.3 is 0 Å². The van der Waals surface area contributed by atoms with Crippen LogP contribution in [0.25, 0.3) is 0 Å². The number of aryl methyl sites for hydroxylation is 1.